The summed E-state index contributed by atoms with van der Waals surface area (Å²) in [4.78, 5) is 0. The molecule has 0 aliphatic carbocycles. The lowest BCUT2D eigenvalue weighted by Gasteiger charge is -2.29. The maximum atomic E-state index is 5.91. The molecule has 1 saturated heterocycles. The molecule has 0 radical (unpaired) electrons. The highest BCUT2D eigenvalue weighted by atomic mass is 16.7. The molecule has 2 unspecified atom stereocenters. The molecule has 2 atom stereocenters. The van der Waals surface area contributed by atoms with Crippen LogP contribution < -0.4 is 0 Å². The lowest BCUT2D eigenvalue weighted by molar-refractivity contribution is -0.213. The monoisotopic (exact) mass is 226 g/mol. The molecule has 0 bridgehead atoms. The molecule has 0 saturated carbocycles. The van der Waals surface area contributed by atoms with Crippen LogP contribution in [0.2, 0.25) is 0 Å². The third kappa shape index (κ3) is 5.66. The Kier molecular flexibility index (Phi) is 7.52. The van der Waals surface area contributed by atoms with Crippen molar-refractivity contribution in [3.8, 4) is 0 Å². The summed E-state index contributed by atoms with van der Waals surface area (Å²) in [6.07, 6.45) is 12.9. The molecular weight excluding hydrogens is 200 g/mol. The average molecular weight is 226 g/mol. The van der Waals surface area contributed by atoms with E-state index in [0.717, 1.165) is 32.3 Å². The molecule has 0 spiro atoms. The second kappa shape index (κ2) is 8.77. The van der Waals surface area contributed by atoms with Crippen molar-refractivity contribution in [3.05, 3.63) is 12.2 Å². The van der Waals surface area contributed by atoms with Crippen LogP contribution in [0.15, 0.2) is 12.2 Å². The van der Waals surface area contributed by atoms with Crippen LogP contribution in [0.5, 0.6) is 0 Å². The summed E-state index contributed by atoms with van der Waals surface area (Å²) < 4.78 is 11.5. The summed E-state index contributed by atoms with van der Waals surface area (Å²) in [6.45, 7) is 5.25. The summed E-state index contributed by atoms with van der Waals surface area (Å²) >= 11 is 0. The summed E-state index contributed by atoms with van der Waals surface area (Å²) in [6, 6.07) is 0. The minimum absolute atomic E-state index is 0.0559. The van der Waals surface area contributed by atoms with Gasteiger partial charge >= 0.3 is 0 Å². The highest BCUT2D eigenvalue weighted by Gasteiger charge is 2.21. The van der Waals surface area contributed by atoms with E-state index in [2.05, 4.69) is 26.0 Å². The first kappa shape index (κ1) is 13.7. The second-order valence-corrected chi connectivity index (χ2v) is 4.46. The highest BCUT2D eigenvalue weighted by Crippen LogP contribution is 2.19. The van der Waals surface area contributed by atoms with Gasteiger partial charge in [-0.05, 0) is 32.1 Å². The molecule has 2 heteroatoms. The van der Waals surface area contributed by atoms with E-state index in [1.165, 1.54) is 19.3 Å². The fourth-order valence-corrected chi connectivity index (χ4v) is 1.95. The molecule has 94 valence electrons. The number of unbranched alkanes of at least 4 members (excludes halogenated alkanes) is 2. The van der Waals surface area contributed by atoms with Gasteiger partial charge < -0.3 is 9.47 Å². The fourth-order valence-electron chi connectivity index (χ4n) is 1.95. The van der Waals surface area contributed by atoms with Crippen molar-refractivity contribution in [2.75, 3.05) is 6.61 Å². The lowest BCUT2D eigenvalue weighted by Crippen LogP contribution is -2.31. The molecule has 0 aromatic rings. The van der Waals surface area contributed by atoms with E-state index in [0.29, 0.717) is 6.10 Å². The molecule has 1 aliphatic heterocycles. The van der Waals surface area contributed by atoms with Crippen LogP contribution in [-0.4, -0.2) is 19.0 Å². The van der Waals surface area contributed by atoms with Gasteiger partial charge in [0, 0.05) is 0 Å². The van der Waals surface area contributed by atoms with Gasteiger partial charge in [-0.1, -0.05) is 38.8 Å². The van der Waals surface area contributed by atoms with Crippen LogP contribution in [0.25, 0.3) is 0 Å². The van der Waals surface area contributed by atoms with Gasteiger partial charge in [-0.15, -0.1) is 0 Å². The van der Waals surface area contributed by atoms with E-state index >= 15 is 0 Å². The van der Waals surface area contributed by atoms with Gasteiger partial charge in [0.15, 0.2) is 6.29 Å². The Bertz CT molecular complexity index is 189. The van der Waals surface area contributed by atoms with Crippen LogP contribution in [0, 0.1) is 0 Å². The number of rotatable bonds is 7. The highest BCUT2D eigenvalue weighted by molar-refractivity contribution is 4.84. The first-order valence-corrected chi connectivity index (χ1v) is 6.78. The molecular formula is C14H26O2. The van der Waals surface area contributed by atoms with Gasteiger partial charge in [0.2, 0.25) is 0 Å². The Morgan fingerprint density at radius 1 is 1.19 bits per heavy atom. The molecule has 1 heterocycles. The Morgan fingerprint density at radius 2 is 2.06 bits per heavy atom. The summed E-state index contributed by atoms with van der Waals surface area (Å²) in [5, 5.41) is 0. The summed E-state index contributed by atoms with van der Waals surface area (Å²) in [7, 11) is 0. The van der Waals surface area contributed by atoms with Gasteiger partial charge in [0.25, 0.3) is 0 Å². The maximum absolute atomic E-state index is 5.91. The predicted molar refractivity (Wildman–Crippen MR) is 67.4 cm³/mol. The molecule has 1 rings (SSSR count). The standard InChI is InChI=1S/C14H26O2/c1-3-5-7-9-13-11-12-15-14(16-13)10-8-6-4-2/h5,7,13-14H,3-4,6,8-12H2,1-2H3. The minimum atomic E-state index is 0.0559. The Hall–Kier alpha value is -0.340. The topological polar surface area (TPSA) is 18.5 Å². The molecule has 0 aromatic heterocycles. The average Bonchev–Trinajstić information content (AvgIpc) is 2.30. The lowest BCUT2D eigenvalue weighted by atomic mass is 10.1. The second-order valence-electron chi connectivity index (χ2n) is 4.46. The van der Waals surface area contributed by atoms with E-state index < -0.39 is 0 Å². The fraction of sp³-hybridized carbons (Fsp3) is 0.857. The zero-order valence-electron chi connectivity index (χ0n) is 10.8. The Labute approximate surface area is 100 Å². The quantitative estimate of drug-likeness (QED) is 0.481. The van der Waals surface area contributed by atoms with Crippen molar-refractivity contribution in [2.24, 2.45) is 0 Å². The zero-order chi connectivity index (χ0) is 11.6. The zero-order valence-corrected chi connectivity index (χ0v) is 10.8. The van der Waals surface area contributed by atoms with Crippen molar-refractivity contribution < 1.29 is 9.47 Å². The molecule has 2 nitrogen and oxygen atoms in total. The molecule has 0 amide bonds. The van der Waals surface area contributed by atoms with Crippen LogP contribution >= 0.6 is 0 Å². The largest absolute Gasteiger partial charge is 0.353 e. The van der Waals surface area contributed by atoms with Crippen molar-refractivity contribution >= 4 is 0 Å². The molecule has 0 N–H and O–H groups in total. The van der Waals surface area contributed by atoms with E-state index in [-0.39, 0.29) is 6.29 Å². The molecule has 16 heavy (non-hydrogen) atoms. The van der Waals surface area contributed by atoms with Crippen molar-refractivity contribution in [2.45, 2.75) is 71.2 Å². The van der Waals surface area contributed by atoms with Gasteiger partial charge in [0.1, 0.15) is 0 Å². The predicted octanol–water partition coefficient (Wildman–Crippen LogP) is 4.05. The van der Waals surface area contributed by atoms with Crippen LogP contribution in [0.1, 0.15) is 58.8 Å². The van der Waals surface area contributed by atoms with E-state index in [4.69, 9.17) is 9.47 Å². The van der Waals surface area contributed by atoms with Crippen molar-refractivity contribution in [1.82, 2.24) is 0 Å². The van der Waals surface area contributed by atoms with E-state index in [1.807, 2.05) is 0 Å². The van der Waals surface area contributed by atoms with Crippen molar-refractivity contribution in [3.63, 3.8) is 0 Å². The van der Waals surface area contributed by atoms with Gasteiger partial charge in [-0.2, -0.15) is 0 Å². The van der Waals surface area contributed by atoms with Gasteiger partial charge in [-0.25, -0.2) is 0 Å². The minimum Gasteiger partial charge on any atom is -0.353 e. The SMILES string of the molecule is CCC=CCC1CCOC(CCCCC)O1. The third-order valence-corrected chi connectivity index (χ3v) is 2.93. The Morgan fingerprint density at radius 3 is 2.81 bits per heavy atom. The summed E-state index contributed by atoms with van der Waals surface area (Å²) in [5.41, 5.74) is 0. The molecule has 0 aromatic carbocycles. The van der Waals surface area contributed by atoms with E-state index in [1.54, 1.807) is 0 Å². The van der Waals surface area contributed by atoms with Gasteiger partial charge in [-0.3, -0.25) is 0 Å². The van der Waals surface area contributed by atoms with Crippen molar-refractivity contribution in [1.29, 1.82) is 0 Å². The van der Waals surface area contributed by atoms with Crippen LogP contribution in [-0.2, 0) is 9.47 Å². The Balaban J connectivity index is 2.16. The molecule has 1 aliphatic rings. The first-order valence-electron chi connectivity index (χ1n) is 6.78. The van der Waals surface area contributed by atoms with Crippen LogP contribution in [0.3, 0.4) is 0 Å². The number of allylic oxidation sites excluding steroid dienone is 1. The first-order chi connectivity index (χ1) is 7.86. The van der Waals surface area contributed by atoms with Crippen LogP contribution in [0.4, 0.5) is 0 Å². The normalized spacial score (nSPS) is 26.4. The van der Waals surface area contributed by atoms with E-state index in [9.17, 15) is 0 Å². The smallest absolute Gasteiger partial charge is 0.157 e. The van der Waals surface area contributed by atoms with Gasteiger partial charge in [0.05, 0.1) is 12.7 Å². The molecule has 1 fully saturated rings. The number of ether oxygens (including phenoxy) is 2. The number of hydrogen-bond acceptors (Lipinski definition) is 2. The maximum Gasteiger partial charge on any atom is 0.157 e. The number of hydrogen-bond donors (Lipinski definition) is 0. The summed E-state index contributed by atoms with van der Waals surface area (Å²) in [5.74, 6) is 0. The third-order valence-electron chi connectivity index (χ3n) is 2.93.